The summed E-state index contributed by atoms with van der Waals surface area (Å²) in [5.74, 6) is -0.605. The highest BCUT2D eigenvalue weighted by Gasteiger charge is 2.38. The van der Waals surface area contributed by atoms with Crippen molar-refractivity contribution < 1.29 is 32.7 Å². The van der Waals surface area contributed by atoms with Crippen molar-refractivity contribution in [2.45, 2.75) is 12.6 Å². The van der Waals surface area contributed by atoms with E-state index >= 15 is 0 Å². The number of esters is 1. The maximum Gasteiger partial charge on any atom is 0.348 e. The summed E-state index contributed by atoms with van der Waals surface area (Å²) in [6, 6.07) is 3.56. The van der Waals surface area contributed by atoms with Crippen molar-refractivity contribution in [3.63, 3.8) is 0 Å². The molecule has 0 aliphatic carbocycles. The van der Waals surface area contributed by atoms with Crippen LogP contribution in [0.3, 0.4) is 0 Å². The van der Waals surface area contributed by atoms with Gasteiger partial charge in [0.2, 0.25) is 0 Å². The quantitative estimate of drug-likeness (QED) is 0.538. The first-order chi connectivity index (χ1) is 10.1. The minimum absolute atomic E-state index is 0. The van der Waals surface area contributed by atoms with Crippen molar-refractivity contribution in [3.8, 4) is 0 Å². The number of fused-ring (bicyclic) bond motifs is 1. The van der Waals surface area contributed by atoms with Gasteiger partial charge in [0.25, 0.3) is 5.66 Å². The van der Waals surface area contributed by atoms with Gasteiger partial charge in [0, 0.05) is 22.3 Å². The Labute approximate surface area is 148 Å². The molecule has 0 bridgehead atoms. The topological polar surface area (TPSA) is 162 Å². The fraction of sp³-hybridized carbons (Fsp3) is 0.250. The van der Waals surface area contributed by atoms with Crippen molar-refractivity contribution in [1.82, 2.24) is 12.3 Å². The third-order valence-corrected chi connectivity index (χ3v) is 5.41. The lowest BCUT2D eigenvalue weighted by Crippen LogP contribution is -2.30. The molecule has 24 heavy (non-hydrogen) atoms. The number of thiophene rings is 1. The second-order valence-corrected chi connectivity index (χ2v) is 7.73. The fourth-order valence-corrected chi connectivity index (χ4v) is 3.96. The van der Waals surface area contributed by atoms with Gasteiger partial charge >= 0.3 is 5.97 Å². The monoisotopic (exact) mass is 448 g/mol. The molecular formula is C12H16BrF2N2O5PS. The first-order valence-electron chi connectivity index (χ1n) is 5.88. The van der Waals surface area contributed by atoms with Crippen LogP contribution in [0.25, 0.3) is 10.1 Å². The standard InChI is InChI=1S/C12H10BrF2O5PS.2H3N/c1-2-20-11(16)10-4-6-3-8(13)7(5-9(6)22-10)12(14,15)21(17,18)19;;/h3-5H,2H2,1H3,(H2,17,18,19);2*1H3. The third-order valence-electron chi connectivity index (χ3n) is 2.75. The van der Waals surface area contributed by atoms with Crippen LogP contribution in [0.15, 0.2) is 22.7 Å². The second-order valence-electron chi connectivity index (χ2n) is 4.24. The average molecular weight is 449 g/mol. The first kappa shape index (κ1) is 23.1. The minimum Gasteiger partial charge on any atom is -0.806 e. The molecule has 136 valence electrons. The molecule has 8 N–H and O–H groups in total. The van der Waals surface area contributed by atoms with E-state index in [1.165, 1.54) is 12.1 Å². The van der Waals surface area contributed by atoms with Crippen molar-refractivity contribution in [2.75, 3.05) is 6.61 Å². The maximum absolute atomic E-state index is 13.7. The van der Waals surface area contributed by atoms with Crippen LogP contribution in [0, 0.1) is 0 Å². The van der Waals surface area contributed by atoms with Crippen LogP contribution < -0.4 is 22.1 Å². The molecule has 1 aromatic heterocycles. The number of halogens is 3. The molecule has 0 amide bonds. The number of carbonyl (C=O) groups is 1. The summed E-state index contributed by atoms with van der Waals surface area (Å²) in [5.41, 5.74) is -5.50. The van der Waals surface area contributed by atoms with Crippen LogP contribution >= 0.6 is 34.9 Å². The van der Waals surface area contributed by atoms with E-state index in [1.807, 2.05) is 0 Å². The molecule has 0 atom stereocenters. The van der Waals surface area contributed by atoms with E-state index in [9.17, 15) is 27.9 Å². The zero-order valence-corrected chi connectivity index (χ0v) is 16.3. The SMILES string of the molecule is CCOC(=O)c1cc2cc(Br)c(C(F)(F)P(=O)([O-])[O-])cc2s1.[NH4+].[NH4+]. The van der Waals surface area contributed by atoms with Gasteiger partial charge in [-0.3, -0.25) is 0 Å². The van der Waals surface area contributed by atoms with Crippen molar-refractivity contribution in [2.24, 2.45) is 0 Å². The van der Waals surface area contributed by atoms with Gasteiger partial charge < -0.3 is 31.4 Å². The zero-order valence-electron chi connectivity index (χ0n) is 13.0. The van der Waals surface area contributed by atoms with Gasteiger partial charge in [-0.05, 0) is 30.5 Å². The summed E-state index contributed by atoms with van der Waals surface area (Å²) in [6.07, 6.45) is 0. The molecule has 0 unspecified atom stereocenters. The van der Waals surface area contributed by atoms with Gasteiger partial charge in [-0.1, -0.05) is 15.9 Å². The van der Waals surface area contributed by atoms with Crippen LogP contribution in [0.2, 0.25) is 0 Å². The number of hydrogen-bond donors (Lipinski definition) is 2. The highest BCUT2D eigenvalue weighted by molar-refractivity contribution is 9.10. The van der Waals surface area contributed by atoms with Gasteiger partial charge in [-0.2, -0.15) is 8.78 Å². The van der Waals surface area contributed by atoms with Gasteiger partial charge in [-0.15, -0.1) is 11.3 Å². The second kappa shape index (κ2) is 7.96. The Kier molecular flexibility index (Phi) is 7.65. The summed E-state index contributed by atoms with van der Waals surface area (Å²) < 4.78 is 43.1. The molecule has 0 aliphatic heterocycles. The molecule has 0 radical (unpaired) electrons. The van der Waals surface area contributed by atoms with E-state index < -0.39 is 24.8 Å². The summed E-state index contributed by atoms with van der Waals surface area (Å²) >= 11 is 3.70. The molecule has 12 heteroatoms. The van der Waals surface area contributed by atoms with E-state index in [0.29, 0.717) is 5.39 Å². The number of benzene rings is 1. The number of rotatable bonds is 4. The predicted molar refractivity (Wildman–Crippen MR) is 89.0 cm³/mol. The minimum atomic E-state index is -6.17. The molecule has 0 fully saturated rings. The Balaban J connectivity index is 0.00000264. The first-order valence-corrected chi connectivity index (χ1v) is 9.03. The number of carbonyl (C=O) groups excluding carboxylic acids is 1. The van der Waals surface area contributed by atoms with Crippen LogP contribution in [0.1, 0.15) is 22.2 Å². The Morgan fingerprint density at radius 3 is 2.42 bits per heavy atom. The number of quaternary nitrogens is 2. The molecule has 0 saturated heterocycles. The van der Waals surface area contributed by atoms with Crippen molar-refractivity contribution >= 4 is 50.9 Å². The van der Waals surface area contributed by atoms with E-state index in [1.54, 1.807) is 6.92 Å². The molecule has 0 saturated carbocycles. The Bertz CT molecular complexity index is 795. The molecular weight excluding hydrogens is 433 g/mol. The Morgan fingerprint density at radius 2 is 1.92 bits per heavy atom. The van der Waals surface area contributed by atoms with Crippen molar-refractivity contribution in [1.29, 1.82) is 0 Å². The number of hydrogen-bond acceptors (Lipinski definition) is 6. The Hall–Kier alpha value is -0.940. The van der Waals surface area contributed by atoms with Crippen LogP contribution in [-0.2, 0) is 15.0 Å². The largest absolute Gasteiger partial charge is 0.806 e. The number of alkyl halides is 2. The average Bonchev–Trinajstić information content (AvgIpc) is 2.79. The van der Waals surface area contributed by atoms with Gasteiger partial charge in [0.1, 0.15) is 4.88 Å². The fourth-order valence-electron chi connectivity index (χ4n) is 1.74. The summed E-state index contributed by atoms with van der Waals surface area (Å²) in [4.78, 5) is 33.4. The zero-order chi connectivity index (χ0) is 16.7. The molecule has 0 spiro atoms. The van der Waals surface area contributed by atoms with Crippen LogP contribution in [0.4, 0.5) is 8.78 Å². The lowest BCUT2D eigenvalue weighted by molar-refractivity contribution is -0.335. The van der Waals surface area contributed by atoms with Crippen LogP contribution in [-0.4, -0.2) is 12.6 Å². The molecule has 1 heterocycles. The highest BCUT2D eigenvalue weighted by Crippen LogP contribution is 2.55. The summed E-state index contributed by atoms with van der Waals surface area (Å²) in [6.45, 7) is 1.79. The summed E-state index contributed by atoms with van der Waals surface area (Å²) in [5, 5.41) is 0.450. The van der Waals surface area contributed by atoms with Gasteiger partial charge in [0.05, 0.1) is 6.61 Å². The maximum atomic E-state index is 13.7. The normalized spacial score (nSPS) is 11.6. The van der Waals surface area contributed by atoms with E-state index in [2.05, 4.69) is 15.9 Å². The molecule has 2 rings (SSSR count). The lowest BCUT2D eigenvalue weighted by Gasteiger charge is -2.38. The van der Waals surface area contributed by atoms with E-state index in [0.717, 1.165) is 17.4 Å². The van der Waals surface area contributed by atoms with E-state index in [-0.39, 0.29) is 33.0 Å². The number of ether oxygens (including phenoxy) is 1. The molecule has 2 aromatic rings. The third kappa shape index (κ3) is 4.17. The van der Waals surface area contributed by atoms with Crippen molar-refractivity contribution in [3.05, 3.63) is 33.1 Å². The van der Waals surface area contributed by atoms with Crippen LogP contribution in [0.5, 0.6) is 0 Å². The molecule has 1 aromatic carbocycles. The summed E-state index contributed by atoms with van der Waals surface area (Å²) in [7, 11) is -6.17. The Morgan fingerprint density at radius 1 is 1.33 bits per heavy atom. The van der Waals surface area contributed by atoms with E-state index in [4.69, 9.17) is 4.74 Å². The van der Waals surface area contributed by atoms with Gasteiger partial charge in [0.15, 0.2) is 0 Å². The lowest BCUT2D eigenvalue weighted by atomic mass is 10.2. The molecule has 7 nitrogen and oxygen atoms in total. The predicted octanol–water partition coefficient (Wildman–Crippen LogP) is 3.56. The highest BCUT2D eigenvalue weighted by atomic mass is 79.9. The molecule has 0 aliphatic rings. The smallest absolute Gasteiger partial charge is 0.348 e. The van der Waals surface area contributed by atoms with Gasteiger partial charge in [-0.25, -0.2) is 4.79 Å².